The van der Waals surface area contributed by atoms with E-state index in [9.17, 15) is 13.2 Å². The van der Waals surface area contributed by atoms with E-state index in [-0.39, 0.29) is 0 Å². The van der Waals surface area contributed by atoms with Gasteiger partial charge in [-0.1, -0.05) is 31.3 Å². The van der Waals surface area contributed by atoms with Crippen molar-refractivity contribution in [1.82, 2.24) is 15.0 Å². The molecule has 0 radical (unpaired) electrons. The number of nitrogens with zero attached hydrogens (tertiary/aromatic N) is 3. The maximum absolute atomic E-state index is 12.9. The predicted molar refractivity (Wildman–Crippen MR) is 107 cm³/mol. The Morgan fingerprint density at radius 2 is 1.75 bits per heavy atom. The van der Waals surface area contributed by atoms with Crippen LogP contribution in [0.15, 0.2) is 61.2 Å². The smallest absolute Gasteiger partial charge is 0.330 e. The number of aromatic nitrogens is 3. The second-order valence-corrected chi connectivity index (χ2v) is 6.56. The van der Waals surface area contributed by atoms with Crippen molar-refractivity contribution < 1.29 is 13.2 Å². The number of nitrogens with one attached hydrogen (secondary N) is 1. The van der Waals surface area contributed by atoms with Crippen molar-refractivity contribution in [3.8, 4) is 11.1 Å². The first kappa shape index (κ1) is 19.8. The number of halogens is 3. The largest absolute Gasteiger partial charge is 0.417 e. The van der Waals surface area contributed by atoms with E-state index < -0.39 is 11.7 Å². The molecule has 4 aromatic rings. The summed E-state index contributed by atoms with van der Waals surface area (Å²) >= 11 is 1.42. The molecule has 0 saturated heterocycles. The minimum atomic E-state index is -4.42. The van der Waals surface area contributed by atoms with Crippen molar-refractivity contribution >= 4 is 32.4 Å². The molecule has 0 saturated carbocycles. The lowest BCUT2D eigenvalue weighted by atomic mass is 10.1. The van der Waals surface area contributed by atoms with Crippen LogP contribution in [0.3, 0.4) is 0 Å². The minimum absolute atomic E-state index is 0.414. The van der Waals surface area contributed by atoms with E-state index >= 15 is 0 Å². The van der Waals surface area contributed by atoms with Crippen LogP contribution in [0.2, 0.25) is 0 Å². The number of alkyl halides is 3. The van der Waals surface area contributed by atoms with Gasteiger partial charge >= 0.3 is 6.18 Å². The van der Waals surface area contributed by atoms with E-state index in [0.29, 0.717) is 16.3 Å². The van der Waals surface area contributed by atoms with Crippen LogP contribution in [-0.2, 0) is 6.18 Å². The molecule has 0 aliphatic rings. The highest BCUT2D eigenvalue weighted by molar-refractivity contribution is 7.22. The number of pyridine rings is 2. The third kappa shape index (κ3) is 4.45. The van der Waals surface area contributed by atoms with Crippen LogP contribution in [0.5, 0.6) is 0 Å². The average molecular weight is 402 g/mol. The molecule has 1 N–H and O–H groups in total. The lowest BCUT2D eigenvalue weighted by molar-refractivity contribution is -0.137. The zero-order valence-electron chi connectivity index (χ0n) is 15.2. The third-order valence-corrected chi connectivity index (χ3v) is 4.63. The van der Waals surface area contributed by atoms with Gasteiger partial charge in [-0.3, -0.25) is 9.97 Å². The number of hydrogen-bond donors (Lipinski definition) is 1. The van der Waals surface area contributed by atoms with E-state index in [4.69, 9.17) is 0 Å². The summed E-state index contributed by atoms with van der Waals surface area (Å²) in [5, 5.41) is 3.85. The van der Waals surface area contributed by atoms with Gasteiger partial charge in [-0.2, -0.15) is 13.2 Å². The Bertz CT molecular complexity index is 1060. The van der Waals surface area contributed by atoms with Crippen LogP contribution >= 0.6 is 11.3 Å². The zero-order chi connectivity index (χ0) is 20.1. The van der Waals surface area contributed by atoms with Crippen molar-refractivity contribution in [3.63, 3.8) is 0 Å². The fraction of sp³-hybridized carbons (Fsp3) is 0.150. The lowest BCUT2D eigenvalue weighted by Crippen LogP contribution is -2.05. The normalized spacial score (nSPS) is 11.0. The molecular weight excluding hydrogens is 385 g/mol. The van der Waals surface area contributed by atoms with Crippen LogP contribution in [0.1, 0.15) is 19.4 Å². The third-order valence-electron chi connectivity index (χ3n) is 3.70. The summed E-state index contributed by atoms with van der Waals surface area (Å²) in [4.78, 5) is 12.2. The van der Waals surface area contributed by atoms with Gasteiger partial charge in [0.15, 0.2) is 5.13 Å². The summed E-state index contributed by atoms with van der Waals surface area (Å²) in [6.45, 7) is 4.00. The Morgan fingerprint density at radius 1 is 0.929 bits per heavy atom. The standard InChI is InChI=1S/C18H11F3N4S.C2H6/c19-18(20,21)13-6-12(8-23-9-13)11-3-4-15-16(7-11)26-17(25-15)24-14-2-1-5-22-10-14;1-2/h1-10H,(H,24,25);1-2H3. The number of thiazole rings is 1. The Hall–Kier alpha value is -3.00. The van der Waals surface area contributed by atoms with Gasteiger partial charge in [0, 0.05) is 24.2 Å². The van der Waals surface area contributed by atoms with Crippen molar-refractivity contribution in [2.75, 3.05) is 5.32 Å². The number of benzene rings is 1. The second-order valence-electron chi connectivity index (χ2n) is 5.53. The molecule has 0 fully saturated rings. The summed E-state index contributed by atoms with van der Waals surface area (Å²) in [6, 6.07) is 10.1. The first-order valence-corrected chi connectivity index (χ1v) is 9.41. The average Bonchev–Trinajstić information content (AvgIpc) is 3.11. The fourth-order valence-corrected chi connectivity index (χ4v) is 3.40. The van der Waals surface area contributed by atoms with Crippen LogP contribution < -0.4 is 5.32 Å². The van der Waals surface area contributed by atoms with Crippen LogP contribution in [0.4, 0.5) is 24.0 Å². The highest BCUT2D eigenvalue weighted by Gasteiger charge is 2.31. The molecule has 0 unspecified atom stereocenters. The molecule has 0 bridgehead atoms. The Labute approximate surface area is 164 Å². The zero-order valence-corrected chi connectivity index (χ0v) is 16.0. The Balaban J connectivity index is 0.00000109. The van der Waals surface area contributed by atoms with E-state index in [2.05, 4.69) is 20.3 Å². The maximum atomic E-state index is 12.9. The summed E-state index contributed by atoms with van der Waals surface area (Å²) < 4.78 is 39.5. The molecule has 0 amide bonds. The van der Waals surface area contributed by atoms with Gasteiger partial charge in [0.25, 0.3) is 0 Å². The monoisotopic (exact) mass is 402 g/mol. The first-order chi connectivity index (χ1) is 13.5. The number of fused-ring (bicyclic) bond motifs is 1. The molecule has 4 rings (SSSR count). The van der Waals surface area contributed by atoms with Gasteiger partial charge in [0.05, 0.1) is 27.7 Å². The first-order valence-electron chi connectivity index (χ1n) is 8.59. The summed E-state index contributed by atoms with van der Waals surface area (Å²) in [6.07, 6.45) is 1.19. The Morgan fingerprint density at radius 3 is 2.46 bits per heavy atom. The van der Waals surface area contributed by atoms with Crippen LogP contribution in [-0.4, -0.2) is 15.0 Å². The molecule has 0 aliphatic carbocycles. The summed E-state index contributed by atoms with van der Waals surface area (Å²) in [7, 11) is 0. The molecular formula is C20H17F3N4S. The number of hydrogen-bond acceptors (Lipinski definition) is 5. The molecule has 28 heavy (non-hydrogen) atoms. The highest BCUT2D eigenvalue weighted by atomic mass is 32.1. The quantitative estimate of drug-likeness (QED) is 0.423. The fourth-order valence-electron chi connectivity index (χ4n) is 2.47. The van der Waals surface area contributed by atoms with Gasteiger partial charge < -0.3 is 5.32 Å². The van der Waals surface area contributed by atoms with Crippen molar-refractivity contribution in [2.24, 2.45) is 0 Å². The van der Waals surface area contributed by atoms with E-state index in [1.54, 1.807) is 24.5 Å². The topological polar surface area (TPSA) is 50.7 Å². The van der Waals surface area contributed by atoms with E-state index in [0.717, 1.165) is 28.2 Å². The van der Waals surface area contributed by atoms with Crippen molar-refractivity contribution in [1.29, 1.82) is 0 Å². The predicted octanol–water partition coefficient (Wildman–Crippen LogP) is 6.54. The van der Waals surface area contributed by atoms with Gasteiger partial charge in [-0.15, -0.1) is 0 Å². The summed E-state index contributed by atoms with van der Waals surface area (Å²) in [5.41, 5.74) is 1.89. The van der Waals surface area contributed by atoms with Crippen LogP contribution in [0, 0.1) is 0 Å². The number of anilines is 2. The van der Waals surface area contributed by atoms with Gasteiger partial charge in [0.2, 0.25) is 0 Å². The van der Waals surface area contributed by atoms with Crippen molar-refractivity contribution in [2.45, 2.75) is 20.0 Å². The van der Waals surface area contributed by atoms with Gasteiger partial charge in [-0.05, 0) is 35.9 Å². The molecule has 4 nitrogen and oxygen atoms in total. The second kappa shape index (κ2) is 8.35. The molecule has 0 spiro atoms. The SMILES string of the molecule is CC.FC(F)(F)c1cncc(-c2ccc3nc(Nc4cccnc4)sc3c2)c1. The summed E-state index contributed by atoms with van der Waals surface area (Å²) in [5.74, 6) is 0. The molecule has 144 valence electrons. The molecule has 0 aliphatic heterocycles. The van der Waals surface area contributed by atoms with E-state index in [1.165, 1.54) is 17.5 Å². The lowest BCUT2D eigenvalue weighted by Gasteiger charge is -2.08. The molecule has 1 aromatic carbocycles. The van der Waals surface area contributed by atoms with E-state index in [1.807, 2.05) is 32.0 Å². The molecule has 8 heteroatoms. The van der Waals surface area contributed by atoms with Gasteiger partial charge in [0.1, 0.15) is 0 Å². The maximum Gasteiger partial charge on any atom is 0.417 e. The Kier molecular flexibility index (Phi) is 5.89. The van der Waals surface area contributed by atoms with Crippen molar-refractivity contribution in [3.05, 3.63) is 66.7 Å². The number of rotatable bonds is 3. The van der Waals surface area contributed by atoms with Gasteiger partial charge in [-0.25, -0.2) is 4.98 Å². The molecule has 3 heterocycles. The highest BCUT2D eigenvalue weighted by Crippen LogP contribution is 2.34. The molecule has 3 aromatic heterocycles. The molecule has 0 atom stereocenters. The minimum Gasteiger partial charge on any atom is -0.330 e. The van der Waals surface area contributed by atoms with Crippen LogP contribution in [0.25, 0.3) is 21.3 Å².